The fourth-order valence-electron chi connectivity index (χ4n) is 0.898. The summed E-state index contributed by atoms with van der Waals surface area (Å²) in [5, 5.41) is 0. The van der Waals surface area contributed by atoms with Crippen LogP contribution in [0.1, 0.15) is 6.42 Å². The quantitative estimate of drug-likeness (QED) is 0.486. The zero-order valence-corrected chi connectivity index (χ0v) is 11.2. The lowest BCUT2D eigenvalue weighted by atomic mass is 10.5. The van der Waals surface area contributed by atoms with Crippen molar-refractivity contribution in [1.29, 1.82) is 0 Å². The standard InChI is InChI=1S/C6H17NO3Si.ClH.Si/c1-8-11(9-2,10-3)6-4-5-7;;/h4-7H2,1-3H3;1H;. The molecule has 7 heteroatoms. The van der Waals surface area contributed by atoms with E-state index in [-0.39, 0.29) is 23.4 Å². The van der Waals surface area contributed by atoms with Crippen LogP contribution in [0.3, 0.4) is 0 Å². The lowest BCUT2D eigenvalue weighted by molar-refractivity contribution is -0.367. The minimum absolute atomic E-state index is 0. The van der Waals surface area contributed by atoms with E-state index in [0.29, 0.717) is 0 Å². The van der Waals surface area contributed by atoms with Crippen LogP contribution >= 0.6 is 0 Å². The number of rotatable bonds is 6. The van der Waals surface area contributed by atoms with Crippen molar-refractivity contribution >= 4 is 19.8 Å². The van der Waals surface area contributed by atoms with Gasteiger partial charge >= 0.3 is 8.80 Å². The topological polar surface area (TPSA) is 55.3 Å². The highest BCUT2D eigenvalue weighted by Crippen LogP contribution is 2.13. The van der Waals surface area contributed by atoms with Crippen molar-refractivity contribution in [3.8, 4) is 0 Å². The van der Waals surface area contributed by atoms with Gasteiger partial charge < -0.3 is 31.4 Å². The summed E-state index contributed by atoms with van der Waals surface area (Å²) >= 11 is 0. The summed E-state index contributed by atoms with van der Waals surface area (Å²) < 4.78 is 15.6. The first kappa shape index (κ1) is 19.2. The summed E-state index contributed by atoms with van der Waals surface area (Å²) in [6, 6.07) is 0.847. The largest absolute Gasteiger partial charge is 1.00 e. The monoisotopic (exact) mass is 243 g/mol. The number of hydrogen-bond acceptors (Lipinski definition) is 3. The Kier molecular flexibility index (Phi) is 15.7. The molecule has 0 aromatic carbocycles. The first-order valence-corrected chi connectivity index (χ1v) is 5.62. The summed E-state index contributed by atoms with van der Waals surface area (Å²) in [4.78, 5) is 0. The van der Waals surface area contributed by atoms with Crippen LogP contribution in [0.5, 0.6) is 0 Å². The molecule has 0 amide bonds. The van der Waals surface area contributed by atoms with Crippen molar-refractivity contribution in [2.75, 3.05) is 27.9 Å². The van der Waals surface area contributed by atoms with Crippen molar-refractivity contribution in [3.05, 3.63) is 0 Å². The molecule has 3 N–H and O–H groups in total. The first-order valence-electron chi connectivity index (χ1n) is 3.69. The van der Waals surface area contributed by atoms with Crippen LogP contribution in [0.25, 0.3) is 0 Å². The molecule has 0 aromatic heterocycles. The van der Waals surface area contributed by atoms with Crippen LogP contribution in [0.15, 0.2) is 0 Å². The third kappa shape index (κ3) is 6.61. The van der Waals surface area contributed by atoms with Gasteiger partial charge in [0.15, 0.2) is 0 Å². The Morgan fingerprint density at radius 3 is 1.69 bits per heavy atom. The van der Waals surface area contributed by atoms with Gasteiger partial charge in [-0.3, -0.25) is 0 Å². The molecule has 0 rings (SSSR count). The van der Waals surface area contributed by atoms with Crippen LogP contribution in [-0.2, 0) is 13.3 Å². The molecule has 4 radical (unpaired) electrons. The summed E-state index contributed by atoms with van der Waals surface area (Å²) in [5.74, 6) is 0. The molecule has 13 heavy (non-hydrogen) atoms. The van der Waals surface area contributed by atoms with Gasteiger partial charge in [-0.25, -0.2) is 0 Å². The van der Waals surface area contributed by atoms with Gasteiger partial charge in [0.25, 0.3) is 0 Å². The average molecular weight is 244 g/mol. The molecule has 0 unspecified atom stereocenters. The lowest BCUT2D eigenvalue weighted by Crippen LogP contribution is -3.00. The number of hydrogen-bond donors (Lipinski definition) is 1. The molecule has 0 aliphatic heterocycles. The van der Waals surface area contributed by atoms with Gasteiger partial charge in [-0.15, -0.1) is 0 Å². The molecule has 0 aliphatic rings. The molecular formula is C6H18ClNO3Si2. The van der Waals surface area contributed by atoms with Gasteiger partial charge in [0.2, 0.25) is 0 Å². The van der Waals surface area contributed by atoms with E-state index in [2.05, 4.69) is 5.73 Å². The third-order valence-electron chi connectivity index (χ3n) is 1.67. The Morgan fingerprint density at radius 2 is 1.46 bits per heavy atom. The fraction of sp³-hybridized carbons (Fsp3) is 1.00. The van der Waals surface area contributed by atoms with Crippen molar-refractivity contribution < 1.29 is 31.4 Å². The zero-order chi connectivity index (χ0) is 8.74. The predicted molar refractivity (Wildman–Crippen MR) is 49.7 cm³/mol. The highest BCUT2D eigenvalue weighted by atomic mass is 35.5. The summed E-state index contributed by atoms with van der Waals surface area (Å²) in [6.07, 6.45) is 0.988. The maximum atomic E-state index is 5.20. The van der Waals surface area contributed by atoms with Crippen molar-refractivity contribution in [1.82, 2.24) is 0 Å². The number of quaternary nitrogens is 1. The van der Waals surface area contributed by atoms with Crippen molar-refractivity contribution in [2.24, 2.45) is 0 Å². The summed E-state index contributed by atoms with van der Waals surface area (Å²) in [5.41, 5.74) is 3.75. The second kappa shape index (κ2) is 10.6. The molecule has 0 spiro atoms. The predicted octanol–water partition coefficient (Wildman–Crippen LogP) is -3.88. The van der Waals surface area contributed by atoms with E-state index in [0.717, 1.165) is 19.0 Å². The van der Waals surface area contributed by atoms with E-state index in [1.165, 1.54) is 0 Å². The van der Waals surface area contributed by atoms with Crippen molar-refractivity contribution in [3.63, 3.8) is 0 Å². The van der Waals surface area contributed by atoms with Crippen LogP contribution in [0, 0.1) is 0 Å². The molecule has 0 bridgehead atoms. The molecule has 0 saturated carbocycles. The van der Waals surface area contributed by atoms with Crippen LogP contribution in [-0.4, -0.2) is 47.6 Å². The van der Waals surface area contributed by atoms with Gasteiger partial charge in [0, 0.05) is 44.8 Å². The maximum Gasteiger partial charge on any atom is 0.500 e. The van der Waals surface area contributed by atoms with Gasteiger partial charge in [-0.05, 0) is 0 Å². The minimum atomic E-state index is -2.28. The average Bonchev–Trinajstić information content (AvgIpc) is 2.08. The van der Waals surface area contributed by atoms with Gasteiger partial charge in [0.05, 0.1) is 6.54 Å². The van der Waals surface area contributed by atoms with E-state index >= 15 is 0 Å². The van der Waals surface area contributed by atoms with Gasteiger partial charge in [0.1, 0.15) is 0 Å². The van der Waals surface area contributed by atoms with E-state index < -0.39 is 8.80 Å². The Hall–Kier alpha value is 0.564. The van der Waals surface area contributed by atoms with Crippen molar-refractivity contribution in [2.45, 2.75) is 12.5 Å². The third-order valence-corrected chi connectivity index (χ3v) is 4.50. The smallest absolute Gasteiger partial charge is 0.500 e. The Morgan fingerprint density at radius 1 is 1.08 bits per heavy atom. The van der Waals surface area contributed by atoms with Crippen LogP contribution in [0.2, 0.25) is 6.04 Å². The van der Waals surface area contributed by atoms with E-state index in [1.807, 2.05) is 0 Å². The second-order valence-electron chi connectivity index (χ2n) is 2.25. The number of halogens is 1. The molecule has 80 valence electrons. The van der Waals surface area contributed by atoms with Crippen LogP contribution < -0.4 is 18.1 Å². The SMILES string of the molecule is CO[Si](CCC[NH3+])(OC)OC.[Cl-].[Si]. The first-order chi connectivity index (χ1) is 5.24. The normalized spacial score (nSPS) is 10.2. The molecule has 0 fully saturated rings. The van der Waals surface area contributed by atoms with E-state index in [9.17, 15) is 0 Å². The summed E-state index contributed by atoms with van der Waals surface area (Å²) in [7, 11) is 2.60. The molecule has 4 nitrogen and oxygen atoms in total. The molecule has 0 saturated heterocycles. The van der Waals surface area contributed by atoms with Gasteiger partial charge in [-0.2, -0.15) is 0 Å². The zero-order valence-electron chi connectivity index (χ0n) is 8.43. The fourth-order valence-corrected chi connectivity index (χ4v) is 2.69. The highest BCUT2D eigenvalue weighted by Gasteiger charge is 2.36. The Balaban J connectivity index is -0.000000500. The minimum Gasteiger partial charge on any atom is -1.00 e. The molecule has 0 heterocycles. The lowest BCUT2D eigenvalue weighted by Gasteiger charge is -2.23. The Labute approximate surface area is 91.9 Å². The van der Waals surface area contributed by atoms with Crippen LogP contribution in [0.4, 0.5) is 0 Å². The molecule has 0 aliphatic carbocycles. The Bertz CT molecular complexity index is 97.6. The molecular weight excluding hydrogens is 226 g/mol. The molecule has 0 atom stereocenters. The van der Waals surface area contributed by atoms with Gasteiger partial charge in [-0.1, -0.05) is 0 Å². The van der Waals surface area contributed by atoms with E-state index in [1.54, 1.807) is 21.3 Å². The summed E-state index contributed by atoms with van der Waals surface area (Å²) in [6.45, 7) is 0.894. The second-order valence-corrected chi connectivity index (χ2v) is 5.34. The maximum absolute atomic E-state index is 5.20. The highest BCUT2D eigenvalue weighted by molar-refractivity contribution is 6.60. The molecule has 0 aromatic rings. The van der Waals surface area contributed by atoms with E-state index in [4.69, 9.17) is 13.3 Å².